The van der Waals surface area contributed by atoms with Gasteiger partial charge in [0.05, 0.1) is 31.1 Å². The van der Waals surface area contributed by atoms with E-state index >= 15 is 0 Å². The van der Waals surface area contributed by atoms with Crippen molar-refractivity contribution in [1.82, 2.24) is 10.2 Å². The fourth-order valence-electron chi connectivity index (χ4n) is 4.57. The molecule has 138 valence electrons. The minimum atomic E-state index is -1.35. The summed E-state index contributed by atoms with van der Waals surface area (Å²) in [6.07, 6.45) is -0.901. The molecule has 4 rings (SSSR count). The first-order chi connectivity index (χ1) is 12.4. The minimum Gasteiger partial charge on any atom is -0.392 e. The topological polar surface area (TPSA) is 108 Å². The maximum Gasteiger partial charge on any atom is 0.250 e. The molecule has 8 nitrogen and oxygen atoms in total. The van der Waals surface area contributed by atoms with Gasteiger partial charge in [-0.3, -0.25) is 24.6 Å². The quantitative estimate of drug-likeness (QED) is 0.622. The van der Waals surface area contributed by atoms with E-state index in [-0.39, 0.29) is 25.0 Å². The fourth-order valence-corrected chi connectivity index (χ4v) is 4.57. The molecule has 3 aliphatic rings. The van der Waals surface area contributed by atoms with E-state index in [1.807, 2.05) is 0 Å². The molecule has 8 heteroatoms. The molecule has 0 aliphatic carbocycles. The highest BCUT2D eigenvalue weighted by molar-refractivity contribution is 6.15. The Morgan fingerprint density at radius 3 is 2.69 bits per heavy atom. The van der Waals surface area contributed by atoms with Crippen LogP contribution in [0.15, 0.2) is 24.3 Å². The lowest BCUT2D eigenvalue weighted by Crippen LogP contribution is -2.55. The molecule has 0 radical (unpaired) electrons. The first kappa shape index (κ1) is 17.1. The Morgan fingerprint density at radius 2 is 2.00 bits per heavy atom. The van der Waals surface area contributed by atoms with Crippen molar-refractivity contribution in [3.05, 3.63) is 29.8 Å². The molecule has 3 amide bonds. The van der Waals surface area contributed by atoms with Gasteiger partial charge in [0.15, 0.2) is 0 Å². The number of fused-ring (bicyclic) bond motifs is 4. The summed E-state index contributed by atoms with van der Waals surface area (Å²) in [5, 5.41) is 16.2. The average molecular weight is 359 g/mol. The van der Waals surface area contributed by atoms with Crippen molar-refractivity contribution in [2.75, 3.05) is 25.6 Å². The zero-order chi connectivity index (χ0) is 18.6. The van der Waals surface area contributed by atoms with E-state index in [0.29, 0.717) is 11.3 Å². The molecule has 3 N–H and O–H groups in total. The van der Waals surface area contributed by atoms with Crippen LogP contribution >= 0.6 is 0 Å². The number of para-hydroxylation sites is 1. The molecule has 0 unspecified atom stereocenters. The number of nitrogens with one attached hydrogen (secondary N) is 2. The molecule has 2 saturated heterocycles. The lowest BCUT2D eigenvalue weighted by atomic mass is 9.76. The maximum absolute atomic E-state index is 13.1. The van der Waals surface area contributed by atoms with Crippen molar-refractivity contribution in [3.8, 4) is 0 Å². The van der Waals surface area contributed by atoms with Gasteiger partial charge < -0.3 is 15.2 Å². The summed E-state index contributed by atoms with van der Waals surface area (Å²) in [4.78, 5) is 40.2. The van der Waals surface area contributed by atoms with Gasteiger partial charge in [0.2, 0.25) is 17.7 Å². The highest BCUT2D eigenvalue weighted by atomic mass is 16.5. The average Bonchev–Trinajstić information content (AvgIpc) is 3.20. The monoisotopic (exact) mass is 359 g/mol. The van der Waals surface area contributed by atoms with Gasteiger partial charge in [0, 0.05) is 24.4 Å². The fraction of sp³-hybridized carbons (Fsp3) is 0.500. The van der Waals surface area contributed by atoms with Crippen LogP contribution in [0.1, 0.15) is 12.5 Å². The normalized spacial score (nSPS) is 33.6. The number of nitrogens with zero attached hydrogens (tertiary/aromatic N) is 1. The number of carbonyl (C=O) groups excluding carboxylic acids is 3. The van der Waals surface area contributed by atoms with Gasteiger partial charge >= 0.3 is 0 Å². The largest absolute Gasteiger partial charge is 0.392 e. The number of amides is 3. The number of methoxy groups -OCH3 is 1. The van der Waals surface area contributed by atoms with Gasteiger partial charge in [0.1, 0.15) is 5.54 Å². The third kappa shape index (κ3) is 2.03. The van der Waals surface area contributed by atoms with Crippen LogP contribution in [0.25, 0.3) is 0 Å². The molecule has 3 aliphatic heterocycles. The van der Waals surface area contributed by atoms with Gasteiger partial charge in [-0.25, -0.2) is 0 Å². The van der Waals surface area contributed by atoms with Crippen LogP contribution in [-0.2, 0) is 24.7 Å². The van der Waals surface area contributed by atoms with E-state index in [0.717, 1.165) is 4.90 Å². The van der Waals surface area contributed by atoms with Crippen LogP contribution in [0.2, 0.25) is 0 Å². The van der Waals surface area contributed by atoms with Crippen LogP contribution < -0.4 is 10.6 Å². The highest BCUT2D eigenvalue weighted by Gasteiger charge is 2.70. The number of imide groups is 1. The van der Waals surface area contributed by atoms with Gasteiger partial charge in [-0.2, -0.15) is 0 Å². The number of hydrogen-bond acceptors (Lipinski definition) is 6. The minimum absolute atomic E-state index is 0.132. The molecule has 26 heavy (non-hydrogen) atoms. The lowest BCUT2D eigenvalue weighted by molar-refractivity contribution is -0.143. The third-order valence-corrected chi connectivity index (χ3v) is 5.69. The number of carbonyl (C=O) groups is 3. The summed E-state index contributed by atoms with van der Waals surface area (Å²) in [5.41, 5.74) is -0.0965. The lowest BCUT2D eigenvalue weighted by Gasteiger charge is -2.30. The first-order valence-corrected chi connectivity index (χ1v) is 8.64. The first-order valence-electron chi connectivity index (χ1n) is 8.64. The highest BCUT2D eigenvalue weighted by Crippen LogP contribution is 2.53. The second kappa shape index (κ2) is 5.87. The van der Waals surface area contributed by atoms with Crippen molar-refractivity contribution < 1.29 is 24.2 Å². The molecule has 3 heterocycles. The molecular formula is C18H21N3O5. The second-order valence-corrected chi connectivity index (χ2v) is 7.04. The van der Waals surface area contributed by atoms with E-state index in [1.54, 1.807) is 31.2 Å². The predicted octanol–water partition coefficient (Wildman–Crippen LogP) is -0.566. The van der Waals surface area contributed by atoms with Gasteiger partial charge in [0.25, 0.3) is 0 Å². The van der Waals surface area contributed by atoms with Crippen LogP contribution in [0, 0.1) is 11.8 Å². The Kier molecular flexibility index (Phi) is 3.87. The van der Waals surface area contributed by atoms with Gasteiger partial charge in [-0.15, -0.1) is 0 Å². The Balaban J connectivity index is 1.85. The molecule has 2 fully saturated rings. The zero-order valence-electron chi connectivity index (χ0n) is 14.6. The number of benzene rings is 1. The summed E-state index contributed by atoms with van der Waals surface area (Å²) in [5.74, 6) is -2.83. The van der Waals surface area contributed by atoms with Crippen LogP contribution in [0.4, 0.5) is 5.69 Å². The standard InChI is InChI=1S/C18H21N3O5/c1-9(22)14-12-13(16(24)21(15(12)23)7-8-26-2)18(20-14)10-5-3-4-6-11(10)19-17(18)25/h3-6,9,12-14,20,22H,7-8H2,1-2H3,(H,19,25)/t9-,12-,13-,14-,18-/m0/s1. The summed E-state index contributed by atoms with van der Waals surface area (Å²) >= 11 is 0. The van der Waals surface area contributed by atoms with E-state index < -0.39 is 35.4 Å². The van der Waals surface area contributed by atoms with Crippen molar-refractivity contribution in [2.45, 2.75) is 24.6 Å². The van der Waals surface area contributed by atoms with Gasteiger partial charge in [-0.1, -0.05) is 18.2 Å². The van der Waals surface area contributed by atoms with E-state index in [9.17, 15) is 19.5 Å². The number of rotatable bonds is 4. The Morgan fingerprint density at radius 1 is 1.27 bits per heavy atom. The van der Waals surface area contributed by atoms with Crippen molar-refractivity contribution in [2.24, 2.45) is 11.8 Å². The molecule has 0 bridgehead atoms. The van der Waals surface area contributed by atoms with Crippen molar-refractivity contribution in [3.63, 3.8) is 0 Å². The zero-order valence-corrected chi connectivity index (χ0v) is 14.6. The molecule has 5 atom stereocenters. The van der Waals surface area contributed by atoms with E-state index in [2.05, 4.69) is 10.6 Å². The molecule has 1 spiro atoms. The van der Waals surface area contributed by atoms with Crippen LogP contribution in [-0.4, -0.2) is 60.1 Å². The van der Waals surface area contributed by atoms with E-state index in [1.165, 1.54) is 7.11 Å². The Hall–Kier alpha value is -2.29. The smallest absolute Gasteiger partial charge is 0.250 e. The van der Waals surface area contributed by atoms with Crippen molar-refractivity contribution in [1.29, 1.82) is 0 Å². The number of aliphatic hydroxyl groups is 1. The number of aliphatic hydroxyl groups excluding tert-OH is 1. The maximum atomic E-state index is 13.1. The molecule has 0 saturated carbocycles. The summed E-state index contributed by atoms with van der Waals surface area (Å²) < 4.78 is 5.00. The Labute approximate surface area is 150 Å². The summed E-state index contributed by atoms with van der Waals surface area (Å²) in [7, 11) is 1.49. The second-order valence-electron chi connectivity index (χ2n) is 7.04. The number of anilines is 1. The summed E-state index contributed by atoms with van der Waals surface area (Å²) in [6.45, 7) is 1.91. The molecule has 1 aromatic rings. The SMILES string of the molecule is COCCN1C(=O)[C@@H]2[C@H]([C@H](C)O)N[C@]3(C(=O)Nc4ccccc43)[C@@H]2C1=O. The van der Waals surface area contributed by atoms with Gasteiger partial charge in [-0.05, 0) is 13.0 Å². The van der Waals surface area contributed by atoms with Crippen molar-refractivity contribution >= 4 is 23.4 Å². The van der Waals surface area contributed by atoms with E-state index in [4.69, 9.17) is 4.74 Å². The molecular weight excluding hydrogens is 338 g/mol. The molecule has 1 aromatic carbocycles. The summed E-state index contributed by atoms with van der Waals surface area (Å²) in [6, 6.07) is 6.43. The number of likely N-dealkylation sites (tertiary alicyclic amines) is 1. The Bertz CT molecular complexity index is 795. The number of ether oxygens (including phenoxy) is 1. The van der Waals surface area contributed by atoms with Crippen LogP contribution in [0.3, 0.4) is 0 Å². The number of hydrogen-bond donors (Lipinski definition) is 3. The molecule has 0 aromatic heterocycles. The van der Waals surface area contributed by atoms with Crippen LogP contribution in [0.5, 0.6) is 0 Å². The third-order valence-electron chi connectivity index (χ3n) is 5.69. The predicted molar refractivity (Wildman–Crippen MR) is 90.9 cm³/mol.